The van der Waals surface area contributed by atoms with Gasteiger partial charge in [0.2, 0.25) is 10.0 Å². The van der Waals surface area contributed by atoms with Gasteiger partial charge >= 0.3 is 0 Å². The Morgan fingerprint density at radius 2 is 2.11 bits per heavy atom. The van der Waals surface area contributed by atoms with Gasteiger partial charge in [-0.05, 0) is 30.9 Å². The molecule has 0 aliphatic heterocycles. The maximum atomic E-state index is 12.4. The Morgan fingerprint density at radius 1 is 1.44 bits per heavy atom. The third-order valence-corrected chi connectivity index (χ3v) is 5.57. The maximum absolute atomic E-state index is 12.4. The normalized spacial score (nSPS) is 13.8. The van der Waals surface area contributed by atoms with Crippen molar-refractivity contribution in [1.82, 2.24) is 4.31 Å². The molecule has 6 heteroatoms. The second-order valence-corrected chi connectivity index (χ2v) is 7.04. The van der Waals surface area contributed by atoms with Gasteiger partial charge in [0.05, 0.1) is 11.5 Å². The van der Waals surface area contributed by atoms with E-state index in [1.165, 1.54) is 10.4 Å². The lowest BCUT2D eigenvalue weighted by atomic mass is 10.2. The number of aliphatic hydroxyl groups excluding tert-OH is 1. The Balaban J connectivity index is 3.05. The van der Waals surface area contributed by atoms with Gasteiger partial charge in [-0.15, -0.1) is 0 Å². The SMILES string of the molecule is CSCC(C)N(C)S(=O)(=O)c1cccc(CO)c1. The zero-order chi connectivity index (χ0) is 13.8. The first-order valence-electron chi connectivity index (χ1n) is 5.60. The molecule has 0 fully saturated rings. The molecule has 1 aromatic rings. The topological polar surface area (TPSA) is 57.6 Å². The minimum Gasteiger partial charge on any atom is -0.392 e. The van der Waals surface area contributed by atoms with Gasteiger partial charge in [-0.3, -0.25) is 0 Å². The van der Waals surface area contributed by atoms with E-state index in [1.807, 2.05) is 13.2 Å². The molecule has 0 saturated carbocycles. The van der Waals surface area contributed by atoms with Crippen molar-refractivity contribution in [2.45, 2.75) is 24.5 Å². The van der Waals surface area contributed by atoms with E-state index in [0.29, 0.717) is 5.56 Å². The number of aliphatic hydroxyl groups is 1. The van der Waals surface area contributed by atoms with Crippen LogP contribution in [0, 0.1) is 0 Å². The predicted molar refractivity (Wildman–Crippen MR) is 75.2 cm³/mol. The van der Waals surface area contributed by atoms with Crippen molar-refractivity contribution >= 4 is 21.8 Å². The zero-order valence-electron chi connectivity index (χ0n) is 10.8. The molecule has 0 bridgehead atoms. The predicted octanol–water partition coefficient (Wildman–Crippen LogP) is 1.55. The quantitative estimate of drug-likeness (QED) is 0.863. The van der Waals surface area contributed by atoms with Gasteiger partial charge in [0.25, 0.3) is 0 Å². The summed E-state index contributed by atoms with van der Waals surface area (Å²) in [6.45, 7) is 1.72. The smallest absolute Gasteiger partial charge is 0.243 e. The van der Waals surface area contributed by atoms with Crippen molar-refractivity contribution in [1.29, 1.82) is 0 Å². The van der Waals surface area contributed by atoms with Gasteiger partial charge < -0.3 is 5.11 Å². The van der Waals surface area contributed by atoms with Crippen LogP contribution in [0.4, 0.5) is 0 Å². The summed E-state index contributed by atoms with van der Waals surface area (Å²) in [5.74, 6) is 0.745. The summed E-state index contributed by atoms with van der Waals surface area (Å²) in [4.78, 5) is 0.226. The highest BCUT2D eigenvalue weighted by atomic mass is 32.2. The summed E-state index contributed by atoms with van der Waals surface area (Å²) >= 11 is 1.61. The third kappa shape index (κ3) is 3.47. The monoisotopic (exact) mass is 289 g/mol. The lowest BCUT2D eigenvalue weighted by molar-refractivity contribution is 0.281. The summed E-state index contributed by atoms with van der Waals surface area (Å²) < 4.78 is 26.1. The lowest BCUT2D eigenvalue weighted by Crippen LogP contribution is -2.36. The summed E-state index contributed by atoms with van der Waals surface area (Å²) in [6, 6.07) is 6.34. The fraction of sp³-hybridized carbons (Fsp3) is 0.500. The van der Waals surface area contributed by atoms with Crippen LogP contribution < -0.4 is 0 Å². The highest BCUT2D eigenvalue weighted by Crippen LogP contribution is 2.19. The second kappa shape index (κ2) is 6.56. The van der Waals surface area contributed by atoms with Crippen molar-refractivity contribution in [2.75, 3.05) is 19.1 Å². The van der Waals surface area contributed by atoms with Gasteiger partial charge in [-0.2, -0.15) is 16.1 Å². The molecule has 0 aliphatic carbocycles. The van der Waals surface area contributed by atoms with Crippen molar-refractivity contribution in [2.24, 2.45) is 0 Å². The van der Waals surface area contributed by atoms with Gasteiger partial charge in [0, 0.05) is 18.8 Å². The molecule has 0 saturated heterocycles. The molecule has 0 aliphatic rings. The molecular weight excluding hydrogens is 270 g/mol. The first kappa shape index (κ1) is 15.5. The van der Waals surface area contributed by atoms with E-state index in [2.05, 4.69) is 0 Å². The molecule has 18 heavy (non-hydrogen) atoms. The number of rotatable bonds is 6. The first-order valence-corrected chi connectivity index (χ1v) is 8.43. The summed E-state index contributed by atoms with van der Waals surface area (Å²) in [6.07, 6.45) is 1.95. The number of hydrogen-bond acceptors (Lipinski definition) is 4. The molecule has 0 radical (unpaired) electrons. The molecule has 1 unspecified atom stereocenters. The van der Waals surface area contributed by atoms with Crippen LogP contribution in [0.3, 0.4) is 0 Å². The number of hydrogen-bond donors (Lipinski definition) is 1. The van der Waals surface area contributed by atoms with Crippen molar-refractivity contribution in [3.63, 3.8) is 0 Å². The number of thioether (sulfide) groups is 1. The molecule has 1 atom stereocenters. The third-order valence-electron chi connectivity index (χ3n) is 2.79. The summed E-state index contributed by atoms with van der Waals surface area (Å²) in [5, 5.41) is 9.05. The zero-order valence-corrected chi connectivity index (χ0v) is 12.5. The molecule has 1 rings (SSSR count). The van der Waals surface area contributed by atoms with Gasteiger partial charge in [0.15, 0.2) is 0 Å². The summed E-state index contributed by atoms with van der Waals surface area (Å²) in [7, 11) is -1.90. The lowest BCUT2D eigenvalue weighted by Gasteiger charge is -2.23. The van der Waals surface area contributed by atoms with Crippen molar-refractivity contribution < 1.29 is 13.5 Å². The van der Waals surface area contributed by atoms with Crippen molar-refractivity contribution in [3.05, 3.63) is 29.8 Å². The minimum absolute atomic E-state index is 0.0669. The van der Waals surface area contributed by atoms with Crippen LogP contribution in [0.1, 0.15) is 12.5 Å². The molecule has 4 nitrogen and oxygen atoms in total. The van der Waals surface area contributed by atoms with Crippen LogP contribution in [0.2, 0.25) is 0 Å². The van der Waals surface area contributed by atoms with Crippen LogP contribution in [0.25, 0.3) is 0 Å². The molecule has 1 aromatic carbocycles. The highest BCUT2D eigenvalue weighted by Gasteiger charge is 2.25. The van der Waals surface area contributed by atoms with E-state index in [1.54, 1.807) is 37.0 Å². The van der Waals surface area contributed by atoms with E-state index in [0.717, 1.165) is 5.75 Å². The Hall–Kier alpha value is -0.560. The van der Waals surface area contributed by atoms with Crippen LogP contribution in [-0.2, 0) is 16.6 Å². The van der Waals surface area contributed by atoms with E-state index < -0.39 is 10.0 Å². The molecule has 0 amide bonds. The average Bonchev–Trinajstić information content (AvgIpc) is 2.38. The standard InChI is InChI=1S/C12H19NO3S2/c1-10(9-17-3)13(2)18(15,16)12-6-4-5-11(7-12)8-14/h4-7,10,14H,8-9H2,1-3H3. The van der Waals surface area contributed by atoms with E-state index >= 15 is 0 Å². The molecule has 0 spiro atoms. The highest BCUT2D eigenvalue weighted by molar-refractivity contribution is 7.98. The second-order valence-electron chi connectivity index (χ2n) is 4.13. The molecule has 0 aromatic heterocycles. The Bertz CT molecular complexity index is 488. The number of benzene rings is 1. The Labute approximate surface area is 113 Å². The Morgan fingerprint density at radius 3 is 2.67 bits per heavy atom. The Kier molecular flexibility index (Phi) is 5.65. The van der Waals surface area contributed by atoms with Gasteiger partial charge in [0.1, 0.15) is 0 Å². The fourth-order valence-electron chi connectivity index (χ4n) is 1.55. The van der Waals surface area contributed by atoms with E-state index in [9.17, 15) is 8.42 Å². The minimum atomic E-state index is -3.48. The first-order chi connectivity index (χ1) is 8.43. The van der Waals surface area contributed by atoms with E-state index in [4.69, 9.17) is 5.11 Å². The molecule has 1 N–H and O–H groups in total. The number of nitrogens with zero attached hydrogens (tertiary/aromatic N) is 1. The van der Waals surface area contributed by atoms with Gasteiger partial charge in [-0.25, -0.2) is 8.42 Å². The maximum Gasteiger partial charge on any atom is 0.243 e. The van der Waals surface area contributed by atoms with E-state index in [-0.39, 0.29) is 17.5 Å². The number of sulfonamides is 1. The van der Waals surface area contributed by atoms with Crippen LogP contribution in [-0.4, -0.2) is 42.9 Å². The van der Waals surface area contributed by atoms with Crippen LogP contribution in [0.15, 0.2) is 29.2 Å². The van der Waals surface area contributed by atoms with Crippen LogP contribution >= 0.6 is 11.8 Å². The van der Waals surface area contributed by atoms with Gasteiger partial charge in [-0.1, -0.05) is 12.1 Å². The van der Waals surface area contributed by atoms with Crippen molar-refractivity contribution in [3.8, 4) is 0 Å². The fourth-order valence-corrected chi connectivity index (χ4v) is 3.79. The van der Waals surface area contributed by atoms with Crippen LogP contribution in [0.5, 0.6) is 0 Å². The largest absolute Gasteiger partial charge is 0.392 e. The molecular formula is C12H19NO3S2. The summed E-state index contributed by atoms with van der Waals surface area (Å²) in [5.41, 5.74) is 0.599. The molecule has 0 heterocycles. The average molecular weight is 289 g/mol. The molecule has 102 valence electrons.